The number of aryl methyl sites for hydroxylation is 1. The largest absolute Gasteiger partial charge is 0.354 e. The number of rotatable bonds is 6. The molecule has 1 fully saturated rings. The monoisotopic (exact) mass is 587 g/mol. The van der Waals surface area contributed by atoms with Gasteiger partial charge in [0.05, 0.1) is 16.9 Å². The van der Waals surface area contributed by atoms with Crippen LogP contribution in [0, 0.1) is 18.6 Å². The summed E-state index contributed by atoms with van der Waals surface area (Å²) < 4.78 is 46.3. The van der Waals surface area contributed by atoms with E-state index in [1.54, 1.807) is 23.2 Å². The summed E-state index contributed by atoms with van der Waals surface area (Å²) in [6.45, 7) is 14.9. The summed E-state index contributed by atoms with van der Waals surface area (Å²) in [5.41, 5.74) is 1.98. The van der Waals surface area contributed by atoms with Crippen molar-refractivity contribution in [2.24, 2.45) is 0 Å². The molecule has 1 aliphatic heterocycles. The number of piperazine rings is 1. The third-order valence-electron chi connectivity index (χ3n) is 7.84. The van der Waals surface area contributed by atoms with E-state index in [4.69, 9.17) is 0 Å². The molecule has 5 rings (SSSR count). The van der Waals surface area contributed by atoms with Gasteiger partial charge in [0.15, 0.2) is 5.83 Å². The average molecular weight is 588 g/mol. The smallest absolute Gasteiger partial charge is 0.350 e. The Morgan fingerprint density at radius 3 is 2.53 bits per heavy atom. The summed E-state index contributed by atoms with van der Waals surface area (Å²) in [7, 11) is 0. The highest BCUT2D eigenvalue weighted by molar-refractivity contribution is 5.95. The van der Waals surface area contributed by atoms with Crippen LogP contribution in [0.15, 0.2) is 66.4 Å². The van der Waals surface area contributed by atoms with Crippen molar-refractivity contribution in [3.63, 3.8) is 0 Å². The number of nitrogens with zero attached hydrogens (tertiary/aromatic N) is 5. The number of carbonyl (C=O) groups excluding carboxylic acids is 1. The Morgan fingerprint density at radius 1 is 1.14 bits per heavy atom. The van der Waals surface area contributed by atoms with Gasteiger partial charge in [-0.05, 0) is 55.2 Å². The molecule has 1 aliphatic rings. The van der Waals surface area contributed by atoms with Gasteiger partial charge >= 0.3 is 5.69 Å². The van der Waals surface area contributed by atoms with Crippen LogP contribution in [-0.4, -0.2) is 51.0 Å². The lowest BCUT2D eigenvalue weighted by Crippen LogP contribution is -2.54. The number of anilines is 1. The van der Waals surface area contributed by atoms with Crippen molar-refractivity contribution < 1.29 is 18.0 Å². The van der Waals surface area contributed by atoms with Gasteiger partial charge in [-0.1, -0.05) is 45.2 Å². The molecule has 43 heavy (non-hydrogen) atoms. The Labute approximate surface area is 247 Å². The number of hydrogen-bond acceptors (Lipinski definition) is 5. The second-order valence-corrected chi connectivity index (χ2v) is 11.0. The molecule has 7 nitrogen and oxygen atoms in total. The van der Waals surface area contributed by atoms with Crippen LogP contribution in [0.4, 0.5) is 19.0 Å². The Hall–Kier alpha value is -4.73. The van der Waals surface area contributed by atoms with Crippen molar-refractivity contribution in [1.82, 2.24) is 19.4 Å². The first-order valence-corrected chi connectivity index (χ1v) is 14.0. The second-order valence-electron chi connectivity index (χ2n) is 11.0. The molecule has 0 N–H and O–H groups in total. The lowest BCUT2D eigenvalue weighted by Gasteiger charge is -2.40. The molecular formula is C33H32F3N5O2. The van der Waals surface area contributed by atoms with Gasteiger partial charge < -0.3 is 9.80 Å². The molecule has 222 valence electrons. The number of amides is 1. The highest BCUT2D eigenvalue weighted by atomic mass is 19.1. The second kappa shape index (κ2) is 11.5. The van der Waals surface area contributed by atoms with Gasteiger partial charge in [0.1, 0.15) is 17.5 Å². The molecule has 0 radical (unpaired) electrons. The highest BCUT2D eigenvalue weighted by Crippen LogP contribution is 2.37. The molecule has 0 spiro atoms. The quantitative estimate of drug-likeness (QED) is 0.247. The predicted octanol–water partition coefficient (Wildman–Crippen LogP) is 6.32. The number of halogens is 3. The predicted molar refractivity (Wildman–Crippen MR) is 163 cm³/mol. The maximum atomic E-state index is 16.1. The summed E-state index contributed by atoms with van der Waals surface area (Å²) >= 11 is 0. The molecule has 1 saturated heterocycles. The van der Waals surface area contributed by atoms with Crippen LogP contribution in [-0.2, 0) is 4.79 Å². The molecule has 10 heteroatoms. The van der Waals surface area contributed by atoms with E-state index >= 15 is 8.78 Å². The fourth-order valence-corrected chi connectivity index (χ4v) is 5.76. The molecule has 2 aromatic carbocycles. The minimum atomic E-state index is -1.05. The van der Waals surface area contributed by atoms with Crippen molar-refractivity contribution in [3.05, 3.63) is 101 Å². The lowest BCUT2D eigenvalue weighted by atomic mass is 9.96. The number of benzene rings is 2. The van der Waals surface area contributed by atoms with E-state index in [-0.39, 0.29) is 42.5 Å². The van der Waals surface area contributed by atoms with Gasteiger partial charge in [-0.25, -0.2) is 18.0 Å². The fourth-order valence-electron chi connectivity index (χ4n) is 5.76. The molecule has 1 atom stereocenters. The third kappa shape index (κ3) is 5.22. The van der Waals surface area contributed by atoms with Crippen LogP contribution < -0.4 is 10.6 Å². The Balaban J connectivity index is 1.82. The number of aromatic nitrogens is 3. The van der Waals surface area contributed by atoms with Crippen LogP contribution in [0.3, 0.4) is 0 Å². The molecule has 0 unspecified atom stereocenters. The molecule has 2 aromatic heterocycles. The van der Waals surface area contributed by atoms with E-state index in [1.807, 2.05) is 27.7 Å². The third-order valence-corrected chi connectivity index (χ3v) is 7.84. The standard InChI is InChI=1S/C33H32F3N5O2/c1-7-22-9-8-10-25(35)28(22)23-16-27-24(15-26(23)36)31(40-14-13-39(17-20(40)5)32(42)21(6)34)38-33(43)41(27)30-19(4)11-12-37-29(30)18(2)3/h7-12,15-16,18,20H,1,6,13-14,17H2,2-5H3/t20-/m0/s1. The van der Waals surface area contributed by atoms with E-state index in [0.717, 1.165) is 5.56 Å². The molecule has 3 heterocycles. The number of hydrogen-bond donors (Lipinski definition) is 0. The van der Waals surface area contributed by atoms with Gasteiger partial charge in [-0.3, -0.25) is 14.3 Å². The SMILES string of the molecule is C=Cc1cccc(F)c1-c1cc2c(cc1F)c(N1CCN(C(=O)C(=C)F)C[C@@H]1C)nc(=O)n2-c1c(C)ccnc1C(C)C. The minimum Gasteiger partial charge on any atom is -0.350 e. The maximum Gasteiger partial charge on any atom is 0.354 e. The van der Waals surface area contributed by atoms with Gasteiger partial charge in [-0.2, -0.15) is 4.98 Å². The Morgan fingerprint density at radius 2 is 1.88 bits per heavy atom. The first-order chi connectivity index (χ1) is 20.4. The van der Waals surface area contributed by atoms with E-state index in [1.165, 1.54) is 39.8 Å². The molecule has 4 aromatic rings. The molecule has 1 amide bonds. The van der Waals surface area contributed by atoms with Gasteiger partial charge in [0, 0.05) is 48.4 Å². The van der Waals surface area contributed by atoms with E-state index in [0.29, 0.717) is 27.8 Å². The van der Waals surface area contributed by atoms with E-state index < -0.39 is 35.1 Å². The summed E-state index contributed by atoms with van der Waals surface area (Å²) in [5, 5.41) is 0.317. The summed E-state index contributed by atoms with van der Waals surface area (Å²) in [5.74, 6) is -3.05. The van der Waals surface area contributed by atoms with Gasteiger partial charge in [-0.15, -0.1) is 0 Å². The van der Waals surface area contributed by atoms with Crippen LogP contribution in [0.5, 0.6) is 0 Å². The van der Waals surface area contributed by atoms with Crippen LogP contribution >= 0.6 is 0 Å². The zero-order chi connectivity index (χ0) is 31.2. The number of carbonyl (C=O) groups is 1. The average Bonchev–Trinajstić information content (AvgIpc) is 2.96. The Kier molecular flexibility index (Phi) is 7.96. The van der Waals surface area contributed by atoms with Crippen LogP contribution in [0.1, 0.15) is 43.5 Å². The maximum absolute atomic E-state index is 16.1. The van der Waals surface area contributed by atoms with Crippen molar-refractivity contribution in [3.8, 4) is 16.8 Å². The van der Waals surface area contributed by atoms with E-state index in [2.05, 4.69) is 23.1 Å². The van der Waals surface area contributed by atoms with Crippen molar-refractivity contribution in [2.45, 2.75) is 39.7 Å². The number of fused-ring (bicyclic) bond motifs is 1. The van der Waals surface area contributed by atoms with Gasteiger partial charge in [0.2, 0.25) is 0 Å². The summed E-state index contributed by atoms with van der Waals surface area (Å²) in [6, 6.07) is 8.51. The molecule has 0 saturated carbocycles. The molecule has 0 bridgehead atoms. The molecular weight excluding hydrogens is 555 g/mol. The molecule has 0 aliphatic carbocycles. The fraction of sp³-hybridized carbons (Fsp3) is 0.273. The first-order valence-electron chi connectivity index (χ1n) is 14.0. The summed E-state index contributed by atoms with van der Waals surface area (Å²) in [6.07, 6.45) is 3.11. The highest BCUT2D eigenvalue weighted by Gasteiger charge is 2.31. The zero-order valence-corrected chi connectivity index (χ0v) is 24.5. The zero-order valence-electron chi connectivity index (χ0n) is 24.5. The normalized spacial score (nSPS) is 15.3. The van der Waals surface area contributed by atoms with Crippen LogP contribution in [0.2, 0.25) is 0 Å². The van der Waals surface area contributed by atoms with Crippen molar-refractivity contribution >= 4 is 28.7 Å². The first kappa shape index (κ1) is 29.8. The van der Waals surface area contributed by atoms with Gasteiger partial charge in [0.25, 0.3) is 5.91 Å². The minimum absolute atomic E-state index is 0.0215. The lowest BCUT2D eigenvalue weighted by molar-refractivity contribution is -0.129. The topological polar surface area (TPSA) is 71.3 Å². The van der Waals surface area contributed by atoms with Crippen LogP contribution in [0.25, 0.3) is 33.8 Å². The Bertz CT molecular complexity index is 1850. The van der Waals surface area contributed by atoms with Crippen molar-refractivity contribution in [1.29, 1.82) is 0 Å². The van der Waals surface area contributed by atoms with Crippen molar-refractivity contribution in [2.75, 3.05) is 24.5 Å². The number of pyridine rings is 1. The van der Waals surface area contributed by atoms with E-state index in [9.17, 15) is 14.0 Å². The summed E-state index contributed by atoms with van der Waals surface area (Å²) in [4.78, 5) is 38.4.